The number of likely N-dealkylation sites (N-methyl/N-ethyl adjacent to an activating group) is 2. The molecule has 1 N–H and O–H groups in total. The fourth-order valence-corrected chi connectivity index (χ4v) is 2.63. The molecule has 0 aromatic carbocycles. The van der Waals surface area contributed by atoms with Crippen molar-refractivity contribution in [3.05, 3.63) is 24.2 Å². The number of furan rings is 1. The van der Waals surface area contributed by atoms with Gasteiger partial charge in [-0.1, -0.05) is 0 Å². The van der Waals surface area contributed by atoms with Crippen molar-refractivity contribution in [2.45, 2.75) is 31.8 Å². The fraction of sp³-hybridized carbons (Fsp3) is 0.667. The minimum atomic E-state index is 0.140. The van der Waals surface area contributed by atoms with E-state index in [9.17, 15) is 4.79 Å². The smallest absolute Gasteiger partial charge is 0.236 e. The van der Waals surface area contributed by atoms with Gasteiger partial charge in [-0.15, -0.1) is 0 Å². The highest BCUT2D eigenvalue weighted by atomic mass is 16.3. The third kappa shape index (κ3) is 4.35. The standard InChI is InChI=1S/C15H25N3O2/c1-17(13-5-3-8-16-9-7-13)12-15(19)18(2)11-14-6-4-10-20-14/h4,6,10,13,16H,3,5,7-9,11-12H2,1-2H3. The second-order valence-electron chi connectivity index (χ2n) is 5.58. The summed E-state index contributed by atoms with van der Waals surface area (Å²) in [5.41, 5.74) is 0. The van der Waals surface area contributed by atoms with Gasteiger partial charge < -0.3 is 14.6 Å². The van der Waals surface area contributed by atoms with Crippen molar-refractivity contribution in [1.82, 2.24) is 15.1 Å². The second-order valence-corrected chi connectivity index (χ2v) is 5.58. The van der Waals surface area contributed by atoms with Crippen molar-refractivity contribution < 1.29 is 9.21 Å². The van der Waals surface area contributed by atoms with Gasteiger partial charge in [0, 0.05) is 13.1 Å². The lowest BCUT2D eigenvalue weighted by Gasteiger charge is -2.28. The van der Waals surface area contributed by atoms with Crippen LogP contribution in [0, 0.1) is 0 Å². The molecule has 0 aliphatic carbocycles. The molecule has 0 radical (unpaired) electrons. The summed E-state index contributed by atoms with van der Waals surface area (Å²) in [6.07, 6.45) is 5.11. The van der Waals surface area contributed by atoms with Gasteiger partial charge in [0.1, 0.15) is 5.76 Å². The van der Waals surface area contributed by atoms with Crippen molar-refractivity contribution >= 4 is 5.91 Å². The van der Waals surface area contributed by atoms with E-state index in [2.05, 4.69) is 17.3 Å². The summed E-state index contributed by atoms with van der Waals surface area (Å²) in [7, 11) is 3.88. The topological polar surface area (TPSA) is 48.7 Å². The highest BCUT2D eigenvalue weighted by Crippen LogP contribution is 2.12. The zero-order valence-corrected chi connectivity index (χ0v) is 12.5. The predicted molar refractivity (Wildman–Crippen MR) is 78.3 cm³/mol. The molecular weight excluding hydrogens is 254 g/mol. The zero-order chi connectivity index (χ0) is 14.4. The minimum absolute atomic E-state index is 0.140. The lowest BCUT2D eigenvalue weighted by atomic mass is 10.1. The molecule has 1 atom stereocenters. The van der Waals surface area contributed by atoms with E-state index in [1.807, 2.05) is 19.2 Å². The summed E-state index contributed by atoms with van der Waals surface area (Å²) in [5, 5.41) is 3.40. The summed E-state index contributed by atoms with van der Waals surface area (Å²) in [5.74, 6) is 0.961. The van der Waals surface area contributed by atoms with Gasteiger partial charge in [0.2, 0.25) is 5.91 Å². The number of nitrogens with zero attached hydrogens (tertiary/aromatic N) is 2. The third-order valence-corrected chi connectivity index (χ3v) is 3.95. The Balaban J connectivity index is 1.80. The van der Waals surface area contributed by atoms with Gasteiger partial charge in [-0.25, -0.2) is 0 Å². The van der Waals surface area contributed by atoms with E-state index in [-0.39, 0.29) is 5.91 Å². The normalized spacial score (nSPS) is 19.9. The van der Waals surface area contributed by atoms with E-state index in [0.29, 0.717) is 19.1 Å². The van der Waals surface area contributed by atoms with Crippen LogP contribution in [0.3, 0.4) is 0 Å². The molecular formula is C15H25N3O2. The lowest BCUT2D eigenvalue weighted by Crippen LogP contribution is -2.41. The highest BCUT2D eigenvalue weighted by Gasteiger charge is 2.20. The quantitative estimate of drug-likeness (QED) is 0.883. The van der Waals surface area contributed by atoms with Crippen LogP contribution >= 0.6 is 0 Å². The van der Waals surface area contributed by atoms with Crippen LogP contribution in [0.5, 0.6) is 0 Å². The first-order valence-corrected chi connectivity index (χ1v) is 7.34. The Hall–Kier alpha value is -1.33. The Morgan fingerprint density at radius 1 is 1.40 bits per heavy atom. The number of carbonyl (C=O) groups excluding carboxylic acids is 1. The number of carbonyl (C=O) groups is 1. The molecule has 1 aliphatic rings. The second kappa shape index (κ2) is 7.45. The molecule has 20 heavy (non-hydrogen) atoms. The first-order chi connectivity index (χ1) is 9.66. The molecule has 1 aliphatic heterocycles. The Bertz CT molecular complexity index is 397. The summed E-state index contributed by atoms with van der Waals surface area (Å²) in [6.45, 7) is 3.15. The molecule has 1 aromatic heterocycles. The van der Waals surface area contributed by atoms with Crippen LogP contribution in [0.15, 0.2) is 22.8 Å². The van der Waals surface area contributed by atoms with Crippen molar-refractivity contribution in [3.63, 3.8) is 0 Å². The van der Waals surface area contributed by atoms with Gasteiger partial charge in [-0.2, -0.15) is 0 Å². The Labute approximate surface area is 120 Å². The molecule has 5 heteroatoms. The number of nitrogens with one attached hydrogen (secondary N) is 1. The van der Waals surface area contributed by atoms with E-state index in [1.54, 1.807) is 11.2 Å². The third-order valence-electron chi connectivity index (χ3n) is 3.95. The first-order valence-electron chi connectivity index (χ1n) is 7.34. The summed E-state index contributed by atoms with van der Waals surface area (Å²) >= 11 is 0. The van der Waals surface area contributed by atoms with E-state index in [0.717, 1.165) is 25.3 Å². The van der Waals surface area contributed by atoms with Gasteiger partial charge in [-0.05, 0) is 51.5 Å². The van der Waals surface area contributed by atoms with E-state index in [4.69, 9.17) is 4.42 Å². The van der Waals surface area contributed by atoms with Gasteiger partial charge in [0.15, 0.2) is 0 Å². The number of hydrogen-bond donors (Lipinski definition) is 1. The lowest BCUT2D eigenvalue weighted by molar-refractivity contribution is -0.132. The molecule has 2 rings (SSSR count). The van der Waals surface area contributed by atoms with Crippen LogP contribution in [-0.2, 0) is 11.3 Å². The molecule has 1 aromatic rings. The molecule has 0 bridgehead atoms. The maximum atomic E-state index is 12.2. The maximum absolute atomic E-state index is 12.2. The summed E-state index contributed by atoms with van der Waals surface area (Å²) in [6, 6.07) is 4.24. The summed E-state index contributed by atoms with van der Waals surface area (Å²) in [4.78, 5) is 16.2. The van der Waals surface area contributed by atoms with Gasteiger partial charge in [0.25, 0.3) is 0 Å². The van der Waals surface area contributed by atoms with Crippen LogP contribution in [0.1, 0.15) is 25.0 Å². The molecule has 0 spiro atoms. The first kappa shape index (κ1) is 15.1. The van der Waals surface area contributed by atoms with Crippen LogP contribution in [0.2, 0.25) is 0 Å². The van der Waals surface area contributed by atoms with Crippen LogP contribution < -0.4 is 5.32 Å². The maximum Gasteiger partial charge on any atom is 0.236 e. The predicted octanol–water partition coefficient (Wildman–Crippen LogP) is 1.31. The highest BCUT2D eigenvalue weighted by molar-refractivity contribution is 5.77. The van der Waals surface area contributed by atoms with Gasteiger partial charge >= 0.3 is 0 Å². The Kier molecular flexibility index (Phi) is 5.61. The van der Waals surface area contributed by atoms with Gasteiger partial charge in [0.05, 0.1) is 19.4 Å². The Morgan fingerprint density at radius 3 is 3.00 bits per heavy atom. The molecule has 1 amide bonds. The Morgan fingerprint density at radius 2 is 2.25 bits per heavy atom. The molecule has 112 valence electrons. The van der Waals surface area contributed by atoms with E-state index >= 15 is 0 Å². The van der Waals surface area contributed by atoms with Crippen molar-refractivity contribution in [1.29, 1.82) is 0 Å². The molecule has 1 fully saturated rings. The fourth-order valence-electron chi connectivity index (χ4n) is 2.63. The van der Waals surface area contributed by atoms with E-state index < -0.39 is 0 Å². The zero-order valence-electron chi connectivity index (χ0n) is 12.5. The van der Waals surface area contributed by atoms with E-state index in [1.165, 1.54) is 12.8 Å². The van der Waals surface area contributed by atoms with Gasteiger partial charge in [-0.3, -0.25) is 9.69 Å². The van der Waals surface area contributed by atoms with Crippen LogP contribution in [-0.4, -0.2) is 55.5 Å². The minimum Gasteiger partial charge on any atom is -0.467 e. The molecule has 1 unspecified atom stereocenters. The molecule has 2 heterocycles. The van der Waals surface area contributed by atoms with Crippen molar-refractivity contribution in [2.24, 2.45) is 0 Å². The molecule has 1 saturated heterocycles. The van der Waals surface area contributed by atoms with Crippen molar-refractivity contribution in [2.75, 3.05) is 33.7 Å². The number of rotatable bonds is 5. The summed E-state index contributed by atoms with van der Waals surface area (Å²) < 4.78 is 5.28. The van der Waals surface area contributed by atoms with Crippen LogP contribution in [0.25, 0.3) is 0 Å². The van der Waals surface area contributed by atoms with Crippen LogP contribution in [0.4, 0.5) is 0 Å². The number of amides is 1. The van der Waals surface area contributed by atoms with Crippen molar-refractivity contribution in [3.8, 4) is 0 Å². The SMILES string of the molecule is CN(Cc1ccco1)C(=O)CN(C)C1CCCNCC1. The molecule has 0 saturated carbocycles. The average Bonchev–Trinajstić information content (AvgIpc) is 2.78. The monoisotopic (exact) mass is 279 g/mol. The largest absolute Gasteiger partial charge is 0.467 e. The number of hydrogen-bond acceptors (Lipinski definition) is 4. The average molecular weight is 279 g/mol. The molecule has 5 nitrogen and oxygen atoms in total.